The molecule has 0 aromatic rings. The molecule has 72 valence electrons. The molecule has 1 aliphatic carbocycles. The maximum atomic E-state index is 10.9. The highest BCUT2D eigenvalue weighted by molar-refractivity contribution is 9.09. The highest BCUT2D eigenvalue weighted by Crippen LogP contribution is 2.32. The van der Waals surface area contributed by atoms with Gasteiger partial charge >= 0.3 is 0 Å². The molecule has 0 spiro atoms. The highest BCUT2D eigenvalue weighted by atomic mass is 79.9. The first kappa shape index (κ1) is 10.5. The van der Waals surface area contributed by atoms with Crippen molar-refractivity contribution in [3.05, 3.63) is 0 Å². The van der Waals surface area contributed by atoms with Crippen molar-refractivity contribution in [3.8, 4) is 0 Å². The van der Waals surface area contributed by atoms with Crippen molar-refractivity contribution in [2.45, 2.75) is 30.5 Å². The van der Waals surface area contributed by atoms with E-state index in [2.05, 4.69) is 15.9 Å². The average molecular weight is 255 g/mol. The summed E-state index contributed by atoms with van der Waals surface area (Å²) in [6, 6.07) is 0. The average Bonchev–Trinajstić information content (AvgIpc) is 2.30. The summed E-state index contributed by atoms with van der Waals surface area (Å²) in [5.41, 5.74) is 0. The zero-order valence-electron chi connectivity index (χ0n) is 7.29. The van der Waals surface area contributed by atoms with Gasteiger partial charge in [0, 0.05) is 11.1 Å². The number of halogens is 1. The van der Waals surface area contributed by atoms with Crippen LogP contribution in [-0.4, -0.2) is 25.3 Å². The number of rotatable bonds is 3. The highest BCUT2D eigenvalue weighted by Gasteiger charge is 2.23. The van der Waals surface area contributed by atoms with Crippen LogP contribution in [0.2, 0.25) is 0 Å². The Morgan fingerprint density at radius 2 is 2.08 bits per heavy atom. The predicted octanol–water partition coefficient (Wildman–Crippen LogP) is 1.98. The molecule has 0 heterocycles. The zero-order valence-corrected chi connectivity index (χ0v) is 9.70. The van der Waals surface area contributed by atoms with Crippen LogP contribution in [0.25, 0.3) is 0 Å². The van der Waals surface area contributed by atoms with Crippen molar-refractivity contribution >= 4 is 25.8 Å². The van der Waals surface area contributed by atoms with Gasteiger partial charge in [-0.15, -0.1) is 0 Å². The van der Waals surface area contributed by atoms with E-state index < -0.39 is 9.84 Å². The molecule has 1 aliphatic rings. The van der Waals surface area contributed by atoms with Gasteiger partial charge in [-0.25, -0.2) is 8.42 Å². The topological polar surface area (TPSA) is 34.1 Å². The molecule has 0 aromatic heterocycles. The van der Waals surface area contributed by atoms with Crippen molar-refractivity contribution in [2.24, 2.45) is 5.92 Å². The molecular weight excluding hydrogens is 240 g/mol. The molecule has 12 heavy (non-hydrogen) atoms. The Morgan fingerprint density at radius 1 is 1.42 bits per heavy atom. The van der Waals surface area contributed by atoms with Gasteiger partial charge in [0.2, 0.25) is 0 Å². The van der Waals surface area contributed by atoms with Crippen molar-refractivity contribution in [1.29, 1.82) is 0 Å². The Bertz CT molecular complexity index is 235. The Kier molecular flexibility index (Phi) is 3.58. The second-order valence-corrected chi connectivity index (χ2v) is 7.25. The minimum atomic E-state index is -2.74. The van der Waals surface area contributed by atoms with Crippen LogP contribution >= 0.6 is 15.9 Å². The maximum absolute atomic E-state index is 10.9. The summed E-state index contributed by atoms with van der Waals surface area (Å²) in [6.45, 7) is 0. The summed E-state index contributed by atoms with van der Waals surface area (Å²) in [5.74, 6) is 0.987. The van der Waals surface area contributed by atoms with Crippen LogP contribution in [0, 0.1) is 5.92 Å². The van der Waals surface area contributed by atoms with Gasteiger partial charge in [0.05, 0.1) is 5.75 Å². The SMILES string of the molecule is CS(=O)(=O)CCC1CCC(Br)C1. The largest absolute Gasteiger partial charge is 0.229 e. The first-order valence-electron chi connectivity index (χ1n) is 4.29. The van der Waals surface area contributed by atoms with Gasteiger partial charge in [-0.1, -0.05) is 15.9 Å². The van der Waals surface area contributed by atoms with Gasteiger partial charge in [0.15, 0.2) is 0 Å². The van der Waals surface area contributed by atoms with Crippen LogP contribution in [0.4, 0.5) is 0 Å². The van der Waals surface area contributed by atoms with E-state index in [9.17, 15) is 8.42 Å². The first-order chi connectivity index (χ1) is 5.47. The molecule has 4 heteroatoms. The number of hydrogen-bond acceptors (Lipinski definition) is 2. The lowest BCUT2D eigenvalue weighted by atomic mass is 10.1. The minimum absolute atomic E-state index is 0.359. The molecule has 1 fully saturated rings. The van der Waals surface area contributed by atoms with Crippen LogP contribution in [0.1, 0.15) is 25.7 Å². The molecule has 2 unspecified atom stereocenters. The summed E-state index contributed by atoms with van der Waals surface area (Å²) in [5, 5.41) is 0. The zero-order chi connectivity index (χ0) is 9.19. The van der Waals surface area contributed by atoms with Crippen molar-refractivity contribution < 1.29 is 8.42 Å². The normalized spacial score (nSPS) is 30.8. The molecule has 0 bridgehead atoms. The molecule has 1 rings (SSSR count). The fraction of sp³-hybridized carbons (Fsp3) is 1.00. The van der Waals surface area contributed by atoms with E-state index in [0.29, 0.717) is 16.5 Å². The standard InChI is InChI=1S/C8H15BrO2S/c1-12(10,11)5-4-7-2-3-8(9)6-7/h7-8H,2-6H2,1H3. The van der Waals surface area contributed by atoms with Gasteiger partial charge in [-0.2, -0.15) is 0 Å². The van der Waals surface area contributed by atoms with Crippen molar-refractivity contribution in [3.63, 3.8) is 0 Å². The summed E-state index contributed by atoms with van der Waals surface area (Å²) in [7, 11) is -2.74. The molecule has 2 nitrogen and oxygen atoms in total. The molecule has 0 amide bonds. The van der Waals surface area contributed by atoms with Crippen LogP contribution in [-0.2, 0) is 9.84 Å². The fourth-order valence-corrected chi connectivity index (χ4v) is 3.21. The van der Waals surface area contributed by atoms with Crippen LogP contribution in [0.5, 0.6) is 0 Å². The second kappa shape index (κ2) is 4.09. The van der Waals surface area contributed by atoms with E-state index in [-0.39, 0.29) is 0 Å². The Morgan fingerprint density at radius 3 is 2.50 bits per heavy atom. The molecule has 0 aliphatic heterocycles. The van der Waals surface area contributed by atoms with Gasteiger partial charge in [0.25, 0.3) is 0 Å². The molecule has 0 radical (unpaired) electrons. The molecule has 0 N–H and O–H groups in total. The van der Waals surface area contributed by atoms with Gasteiger partial charge in [-0.05, 0) is 31.6 Å². The summed E-state index contributed by atoms with van der Waals surface area (Å²) < 4.78 is 21.7. The monoisotopic (exact) mass is 254 g/mol. The Hall–Kier alpha value is 0.430. The van der Waals surface area contributed by atoms with E-state index in [1.54, 1.807) is 0 Å². The van der Waals surface area contributed by atoms with Crippen LogP contribution in [0.3, 0.4) is 0 Å². The lowest BCUT2D eigenvalue weighted by Gasteiger charge is -2.06. The van der Waals surface area contributed by atoms with E-state index >= 15 is 0 Å². The molecule has 0 aromatic carbocycles. The smallest absolute Gasteiger partial charge is 0.147 e. The summed E-state index contributed by atoms with van der Waals surface area (Å²) in [4.78, 5) is 0.627. The summed E-state index contributed by atoms with van der Waals surface area (Å²) in [6.07, 6.45) is 5.70. The van der Waals surface area contributed by atoms with E-state index in [1.807, 2.05) is 0 Å². The third kappa shape index (κ3) is 3.90. The van der Waals surface area contributed by atoms with Gasteiger partial charge in [0.1, 0.15) is 9.84 Å². The third-order valence-electron chi connectivity index (χ3n) is 2.37. The fourth-order valence-electron chi connectivity index (χ4n) is 1.66. The molecule has 1 saturated carbocycles. The molecule has 0 saturated heterocycles. The Labute approximate surface area is 82.8 Å². The number of hydrogen-bond donors (Lipinski definition) is 0. The number of sulfone groups is 1. The van der Waals surface area contributed by atoms with Crippen molar-refractivity contribution in [1.82, 2.24) is 0 Å². The Balaban J connectivity index is 2.25. The number of alkyl halides is 1. The van der Waals surface area contributed by atoms with Gasteiger partial charge in [-0.3, -0.25) is 0 Å². The molecule has 2 atom stereocenters. The van der Waals surface area contributed by atoms with E-state index in [1.165, 1.54) is 19.1 Å². The molecular formula is C8H15BrO2S. The lowest BCUT2D eigenvalue weighted by molar-refractivity contribution is 0.524. The van der Waals surface area contributed by atoms with Crippen molar-refractivity contribution in [2.75, 3.05) is 12.0 Å². The first-order valence-corrected chi connectivity index (χ1v) is 7.27. The van der Waals surface area contributed by atoms with E-state index in [4.69, 9.17) is 0 Å². The van der Waals surface area contributed by atoms with E-state index in [0.717, 1.165) is 12.8 Å². The lowest BCUT2D eigenvalue weighted by Crippen LogP contribution is -2.07. The maximum Gasteiger partial charge on any atom is 0.147 e. The van der Waals surface area contributed by atoms with Crippen LogP contribution in [0.15, 0.2) is 0 Å². The predicted molar refractivity (Wildman–Crippen MR) is 54.4 cm³/mol. The quantitative estimate of drug-likeness (QED) is 0.723. The third-order valence-corrected chi connectivity index (χ3v) is 4.18. The second-order valence-electron chi connectivity index (χ2n) is 3.69. The summed E-state index contributed by atoms with van der Waals surface area (Å²) >= 11 is 3.55. The van der Waals surface area contributed by atoms with Crippen LogP contribution < -0.4 is 0 Å². The van der Waals surface area contributed by atoms with Gasteiger partial charge < -0.3 is 0 Å². The minimum Gasteiger partial charge on any atom is -0.229 e.